The van der Waals surface area contributed by atoms with Crippen molar-refractivity contribution >= 4 is 0 Å². The lowest BCUT2D eigenvalue weighted by atomic mass is 9.96. The summed E-state index contributed by atoms with van der Waals surface area (Å²) in [5.74, 6) is 0. The molecular formula is C14H26N4O. The summed E-state index contributed by atoms with van der Waals surface area (Å²) >= 11 is 0. The summed E-state index contributed by atoms with van der Waals surface area (Å²) < 4.78 is 7.64. The van der Waals surface area contributed by atoms with Gasteiger partial charge in [0.05, 0.1) is 24.4 Å². The molecule has 19 heavy (non-hydrogen) atoms. The van der Waals surface area contributed by atoms with Crippen LogP contribution in [0.25, 0.3) is 0 Å². The molecule has 5 heteroatoms. The Kier molecular flexibility index (Phi) is 4.28. The highest BCUT2D eigenvalue weighted by Crippen LogP contribution is 2.29. The normalized spacial score (nSPS) is 23.2. The first-order valence-corrected chi connectivity index (χ1v) is 7.05. The molecule has 2 atom stereocenters. The van der Waals surface area contributed by atoms with Crippen molar-refractivity contribution in [2.45, 2.75) is 44.9 Å². The molecule has 1 aromatic rings. The van der Waals surface area contributed by atoms with Crippen LogP contribution in [0.5, 0.6) is 0 Å². The van der Waals surface area contributed by atoms with Gasteiger partial charge in [0.2, 0.25) is 0 Å². The van der Waals surface area contributed by atoms with Gasteiger partial charge in [-0.25, -0.2) is 0 Å². The van der Waals surface area contributed by atoms with Crippen LogP contribution in [0, 0.1) is 0 Å². The lowest BCUT2D eigenvalue weighted by Crippen LogP contribution is -2.52. The van der Waals surface area contributed by atoms with Gasteiger partial charge in [0.1, 0.15) is 0 Å². The van der Waals surface area contributed by atoms with Gasteiger partial charge in [-0.1, -0.05) is 6.92 Å². The van der Waals surface area contributed by atoms with Crippen molar-refractivity contribution in [1.29, 1.82) is 0 Å². The van der Waals surface area contributed by atoms with Gasteiger partial charge in [0.25, 0.3) is 0 Å². The Labute approximate surface area is 115 Å². The summed E-state index contributed by atoms with van der Waals surface area (Å²) in [5.41, 5.74) is 7.46. The van der Waals surface area contributed by atoms with Crippen molar-refractivity contribution in [3.8, 4) is 0 Å². The van der Waals surface area contributed by atoms with Crippen molar-refractivity contribution in [2.75, 3.05) is 19.7 Å². The minimum atomic E-state index is -0.105. The second kappa shape index (κ2) is 5.61. The van der Waals surface area contributed by atoms with Crippen LogP contribution in [0.1, 0.15) is 38.8 Å². The van der Waals surface area contributed by atoms with E-state index >= 15 is 0 Å². The van der Waals surface area contributed by atoms with Gasteiger partial charge in [-0.05, 0) is 20.3 Å². The molecule has 0 radical (unpaired) electrons. The number of hydrogen-bond acceptors (Lipinski definition) is 4. The predicted molar refractivity (Wildman–Crippen MR) is 75.8 cm³/mol. The maximum Gasteiger partial charge on any atom is 0.0753 e. The zero-order chi connectivity index (χ0) is 14.0. The van der Waals surface area contributed by atoms with Crippen LogP contribution in [-0.4, -0.2) is 46.0 Å². The lowest BCUT2D eigenvalue weighted by Gasteiger charge is -2.43. The number of nitrogens with zero attached hydrogens (tertiary/aromatic N) is 3. The molecule has 1 aromatic heterocycles. The van der Waals surface area contributed by atoms with E-state index in [0.29, 0.717) is 0 Å². The van der Waals surface area contributed by atoms with Crippen LogP contribution >= 0.6 is 0 Å². The van der Waals surface area contributed by atoms with Crippen LogP contribution < -0.4 is 5.73 Å². The standard InChI is InChI=1S/C14H26N4O/c1-5-12(15)13(11-8-16-17(4)9-11)18-6-7-19-14(2,3)10-18/h8-9,12-13H,5-7,10,15H2,1-4H3. The van der Waals surface area contributed by atoms with Crippen molar-refractivity contribution in [1.82, 2.24) is 14.7 Å². The lowest BCUT2D eigenvalue weighted by molar-refractivity contribution is -0.100. The van der Waals surface area contributed by atoms with E-state index in [9.17, 15) is 0 Å². The third-order valence-corrected chi connectivity index (χ3v) is 3.79. The summed E-state index contributed by atoms with van der Waals surface area (Å²) in [5, 5.41) is 4.29. The predicted octanol–water partition coefficient (Wildman–Crippen LogP) is 1.31. The Balaban J connectivity index is 2.22. The quantitative estimate of drug-likeness (QED) is 0.892. The fourth-order valence-corrected chi connectivity index (χ4v) is 2.84. The molecule has 1 saturated heterocycles. The van der Waals surface area contributed by atoms with Crippen LogP contribution in [0.2, 0.25) is 0 Å². The van der Waals surface area contributed by atoms with Crippen molar-refractivity contribution < 1.29 is 4.74 Å². The van der Waals surface area contributed by atoms with Gasteiger partial charge in [-0.2, -0.15) is 5.10 Å². The average Bonchev–Trinajstić information content (AvgIpc) is 2.74. The number of rotatable bonds is 4. The van der Waals surface area contributed by atoms with Gasteiger partial charge in [-0.15, -0.1) is 0 Å². The minimum absolute atomic E-state index is 0.105. The van der Waals surface area contributed by atoms with E-state index in [-0.39, 0.29) is 17.7 Å². The van der Waals surface area contributed by atoms with Gasteiger partial charge in [0.15, 0.2) is 0 Å². The number of morpholine rings is 1. The molecule has 2 rings (SSSR count). The highest BCUT2D eigenvalue weighted by atomic mass is 16.5. The van der Waals surface area contributed by atoms with E-state index in [0.717, 1.165) is 26.1 Å². The molecule has 0 saturated carbocycles. The van der Waals surface area contributed by atoms with Crippen LogP contribution in [0.4, 0.5) is 0 Å². The molecule has 108 valence electrons. The second-order valence-electron chi connectivity index (χ2n) is 6.04. The Hall–Kier alpha value is -0.910. The molecule has 1 aliphatic rings. The summed E-state index contributed by atoms with van der Waals surface area (Å²) in [6.45, 7) is 9.00. The molecular weight excluding hydrogens is 240 g/mol. The molecule has 0 aromatic carbocycles. The SMILES string of the molecule is CCC(N)C(c1cnn(C)c1)N1CCOC(C)(C)C1. The molecule has 1 fully saturated rings. The summed E-state index contributed by atoms with van der Waals surface area (Å²) in [7, 11) is 1.95. The number of ether oxygens (including phenoxy) is 1. The topological polar surface area (TPSA) is 56.3 Å². The molecule has 0 aliphatic carbocycles. The third-order valence-electron chi connectivity index (χ3n) is 3.79. The van der Waals surface area contributed by atoms with Gasteiger partial charge < -0.3 is 10.5 Å². The van der Waals surface area contributed by atoms with Crippen molar-refractivity contribution in [3.05, 3.63) is 18.0 Å². The van der Waals surface area contributed by atoms with Crippen molar-refractivity contribution in [3.63, 3.8) is 0 Å². The van der Waals surface area contributed by atoms with Crippen molar-refractivity contribution in [2.24, 2.45) is 12.8 Å². The zero-order valence-corrected chi connectivity index (χ0v) is 12.5. The average molecular weight is 266 g/mol. The number of nitrogens with two attached hydrogens (primary N) is 1. The maximum absolute atomic E-state index is 6.36. The Morgan fingerprint density at radius 3 is 2.79 bits per heavy atom. The molecule has 2 N–H and O–H groups in total. The van der Waals surface area contributed by atoms with Gasteiger partial charge in [-0.3, -0.25) is 9.58 Å². The van der Waals surface area contributed by atoms with Crippen LogP contribution in [0.3, 0.4) is 0 Å². The molecule has 2 unspecified atom stereocenters. The van der Waals surface area contributed by atoms with Crippen LogP contribution in [0.15, 0.2) is 12.4 Å². The molecule has 1 aliphatic heterocycles. The molecule has 0 bridgehead atoms. The summed E-state index contributed by atoms with van der Waals surface area (Å²) in [6, 6.07) is 0.347. The first-order valence-electron chi connectivity index (χ1n) is 7.05. The smallest absolute Gasteiger partial charge is 0.0753 e. The van der Waals surface area contributed by atoms with E-state index in [2.05, 4.69) is 37.0 Å². The Morgan fingerprint density at radius 1 is 1.53 bits per heavy atom. The highest BCUT2D eigenvalue weighted by Gasteiger charge is 2.34. The molecule has 2 heterocycles. The highest BCUT2D eigenvalue weighted by molar-refractivity contribution is 5.14. The van der Waals surface area contributed by atoms with E-state index in [1.165, 1.54) is 5.56 Å². The molecule has 5 nitrogen and oxygen atoms in total. The fourth-order valence-electron chi connectivity index (χ4n) is 2.84. The van der Waals surface area contributed by atoms with E-state index < -0.39 is 0 Å². The van der Waals surface area contributed by atoms with Crippen LogP contribution in [-0.2, 0) is 11.8 Å². The van der Waals surface area contributed by atoms with E-state index in [4.69, 9.17) is 10.5 Å². The van der Waals surface area contributed by atoms with Gasteiger partial charge >= 0.3 is 0 Å². The number of aryl methyl sites for hydroxylation is 1. The maximum atomic E-state index is 6.36. The molecule has 0 amide bonds. The summed E-state index contributed by atoms with van der Waals surface area (Å²) in [4.78, 5) is 2.44. The van der Waals surface area contributed by atoms with E-state index in [1.807, 2.05) is 17.9 Å². The molecule has 0 spiro atoms. The van der Waals surface area contributed by atoms with E-state index in [1.54, 1.807) is 0 Å². The minimum Gasteiger partial charge on any atom is -0.373 e. The second-order valence-corrected chi connectivity index (χ2v) is 6.04. The summed E-state index contributed by atoms with van der Waals surface area (Å²) in [6.07, 6.45) is 4.96. The fraction of sp³-hybridized carbons (Fsp3) is 0.786. The monoisotopic (exact) mass is 266 g/mol. The first kappa shape index (κ1) is 14.5. The largest absolute Gasteiger partial charge is 0.373 e. The van der Waals surface area contributed by atoms with Gasteiger partial charge in [0, 0.05) is 37.9 Å². The first-order chi connectivity index (χ1) is 8.93. The Morgan fingerprint density at radius 2 is 2.26 bits per heavy atom. The number of hydrogen-bond donors (Lipinski definition) is 1. The number of aromatic nitrogens is 2. The third kappa shape index (κ3) is 3.35. The zero-order valence-electron chi connectivity index (χ0n) is 12.5. The Bertz CT molecular complexity index is 415.